The summed E-state index contributed by atoms with van der Waals surface area (Å²) in [6.45, 7) is 2.61. The van der Waals surface area contributed by atoms with Gasteiger partial charge in [0.2, 0.25) is 0 Å². The first-order chi connectivity index (χ1) is 7.47. The van der Waals surface area contributed by atoms with Crippen molar-refractivity contribution in [3.8, 4) is 0 Å². The van der Waals surface area contributed by atoms with E-state index in [9.17, 15) is 8.78 Å². The van der Waals surface area contributed by atoms with Gasteiger partial charge < -0.3 is 5.73 Å². The summed E-state index contributed by atoms with van der Waals surface area (Å²) in [5, 5.41) is 0. The third-order valence-electron chi connectivity index (χ3n) is 2.64. The molecule has 2 N–H and O–H groups in total. The highest BCUT2D eigenvalue weighted by Gasteiger charge is 2.16. The molecule has 1 rings (SSSR count). The number of benzene rings is 1. The Hall–Kier alpha value is 0.0200. The molecule has 0 fully saturated rings. The highest BCUT2D eigenvalue weighted by atomic mass is 127. The first kappa shape index (κ1) is 17.0. The standard InChI is InChI=1S/C11H15F2IN2.ClH/c1-7(5-15)16(2)6-8-9(12)3-4-10(14)11(8)13;/h3-4,7H,5-6,15H2,1-2H3;1H. The van der Waals surface area contributed by atoms with Gasteiger partial charge in [-0.3, -0.25) is 4.90 Å². The maximum atomic E-state index is 13.7. The molecule has 0 radical (unpaired) electrons. The Morgan fingerprint density at radius 3 is 2.53 bits per heavy atom. The van der Waals surface area contributed by atoms with Crippen molar-refractivity contribution in [1.29, 1.82) is 0 Å². The summed E-state index contributed by atoms with van der Waals surface area (Å²) in [6.07, 6.45) is 0. The van der Waals surface area contributed by atoms with E-state index in [1.165, 1.54) is 12.1 Å². The van der Waals surface area contributed by atoms with Gasteiger partial charge in [0.25, 0.3) is 0 Å². The van der Waals surface area contributed by atoms with Gasteiger partial charge in [-0.1, -0.05) is 0 Å². The number of hydrogen-bond acceptors (Lipinski definition) is 2. The summed E-state index contributed by atoms with van der Waals surface area (Å²) in [6, 6.07) is 2.82. The molecule has 0 saturated heterocycles. The molecule has 0 amide bonds. The average Bonchev–Trinajstić information content (AvgIpc) is 2.28. The molecule has 0 aromatic heterocycles. The fraction of sp³-hybridized carbons (Fsp3) is 0.455. The normalized spacial score (nSPS) is 12.4. The maximum absolute atomic E-state index is 13.7. The van der Waals surface area contributed by atoms with E-state index in [-0.39, 0.29) is 30.6 Å². The van der Waals surface area contributed by atoms with Crippen LogP contribution in [0.5, 0.6) is 0 Å². The molecule has 0 spiro atoms. The van der Waals surface area contributed by atoms with Gasteiger partial charge in [-0.05, 0) is 48.7 Å². The predicted octanol–water partition coefficient (Wildman–Crippen LogP) is 2.77. The Kier molecular flexibility index (Phi) is 7.46. The molecule has 2 nitrogen and oxygen atoms in total. The molecule has 0 bridgehead atoms. The zero-order valence-electron chi connectivity index (χ0n) is 9.71. The lowest BCUT2D eigenvalue weighted by atomic mass is 10.1. The zero-order valence-corrected chi connectivity index (χ0v) is 12.7. The monoisotopic (exact) mass is 376 g/mol. The van der Waals surface area contributed by atoms with Crippen molar-refractivity contribution in [3.05, 3.63) is 32.9 Å². The number of nitrogens with two attached hydrogens (primary N) is 1. The van der Waals surface area contributed by atoms with Crippen LogP contribution in [-0.4, -0.2) is 24.5 Å². The van der Waals surface area contributed by atoms with E-state index in [0.29, 0.717) is 10.1 Å². The zero-order chi connectivity index (χ0) is 12.3. The first-order valence-corrected chi connectivity index (χ1v) is 6.08. The number of halogens is 4. The Bertz CT molecular complexity index is 377. The van der Waals surface area contributed by atoms with Gasteiger partial charge >= 0.3 is 0 Å². The van der Waals surface area contributed by atoms with Crippen LogP contribution in [0.1, 0.15) is 12.5 Å². The highest BCUT2D eigenvalue weighted by Crippen LogP contribution is 2.20. The molecule has 1 atom stereocenters. The van der Waals surface area contributed by atoms with Crippen molar-refractivity contribution in [3.63, 3.8) is 0 Å². The summed E-state index contributed by atoms with van der Waals surface area (Å²) in [4.78, 5) is 1.83. The topological polar surface area (TPSA) is 29.3 Å². The molecule has 0 aliphatic carbocycles. The van der Waals surface area contributed by atoms with Gasteiger partial charge in [-0.25, -0.2) is 8.78 Å². The highest BCUT2D eigenvalue weighted by molar-refractivity contribution is 14.1. The van der Waals surface area contributed by atoms with Crippen LogP contribution < -0.4 is 5.73 Å². The second-order valence-electron chi connectivity index (χ2n) is 3.82. The molecule has 0 heterocycles. The van der Waals surface area contributed by atoms with Crippen LogP contribution in [-0.2, 0) is 6.54 Å². The molecular weight excluding hydrogens is 360 g/mol. The van der Waals surface area contributed by atoms with Gasteiger partial charge in [-0.2, -0.15) is 0 Å². The van der Waals surface area contributed by atoms with Crippen LogP contribution in [0.2, 0.25) is 0 Å². The second kappa shape index (κ2) is 7.45. The Balaban J connectivity index is 0.00000256. The minimum atomic E-state index is -0.506. The predicted molar refractivity (Wildman–Crippen MR) is 76.3 cm³/mol. The van der Waals surface area contributed by atoms with Gasteiger partial charge in [-0.15, -0.1) is 12.4 Å². The molecule has 1 unspecified atom stereocenters. The van der Waals surface area contributed by atoms with Crippen molar-refractivity contribution in [2.75, 3.05) is 13.6 Å². The molecule has 1 aromatic carbocycles. The summed E-state index contributed by atoms with van der Waals surface area (Å²) < 4.78 is 27.6. The molecule has 0 aliphatic rings. The van der Waals surface area contributed by atoms with E-state index in [4.69, 9.17) is 5.73 Å². The summed E-state index contributed by atoms with van der Waals surface area (Å²) in [5.41, 5.74) is 5.61. The SMILES string of the molecule is CC(CN)N(C)Cc1c(F)ccc(I)c1F.Cl. The number of rotatable bonds is 4. The van der Waals surface area contributed by atoms with Gasteiger partial charge in [0.15, 0.2) is 0 Å². The van der Waals surface area contributed by atoms with Crippen LogP contribution in [0.15, 0.2) is 12.1 Å². The second-order valence-corrected chi connectivity index (χ2v) is 4.98. The molecular formula is C11H16ClF2IN2. The molecule has 1 aromatic rings. The van der Waals surface area contributed by atoms with Crippen LogP contribution in [0.3, 0.4) is 0 Å². The van der Waals surface area contributed by atoms with Gasteiger partial charge in [0.05, 0.1) is 0 Å². The van der Waals surface area contributed by atoms with E-state index in [0.717, 1.165) is 0 Å². The van der Waals surface area contributed by atoms with Crippen LogP contribution >= 0.6 is 35.0 Å². The van der Waals surface area contributed by atoms with Crippen LogP contribution in [0.4, 0.5) is 8.78 Å². The maximum Gasteiger partial charge on any atom is 0.143 e. The Labute approximate surface area is 120 Å². The van der Waals surface area contributed by atoms with Crippen molar-refractivity contribution in [2.24, 2.45) is 5.73 Å². The van der Waals surface area contributed by atoms with E-state index in [1.54, 1.807) is 7.05 Å². The summed E-state index contributed by atoms with van der Waals surface area (Å²) in [5.74, 6) is -0.981. The third-order valence-corrected chi connectivity index (χ3v) is 3.47. The molecule has 6 heteroatoms. The Morgan fingerprint density at radius 2 is 2.00 bits per heavy atom. The molecule has 98 valence electrons. The van der Waals surface area contributed by atoms with E-state index in [1.807, 2.05) is 34.4 Å². The fourth-order valence-electron chi connectivity index (χ4n) is 1.30. The average molecular weight is 377 g/mol. The largest absolute Gasteiger partial charge is 0.329 e. The van der Waals surface area contributed by atoms with Crippen molar-refractivity contribution in [2.45, 2.75) is 19.5 Å². The third kappa shape index (κ3) is 4.31. The van der Waals surface area contributed by atoms with E-state index < -0.39 is 11.6 Å². The Morgan fingerprint density at radius 1 is 1.41 bits per heavy atom. The number of hydrogen-bond donors (Lipinski definition) is 1. The van der Waals surface area contributed by atoms with Crippen molar-refractivity contribution >= 4 is 35.0 Å². The quantitative estimate of drug-likeness (QED) is 0.647. The number of nitrogens with zero attached hydrogens (tertiary/aromatic N) is 1. The van der Waals surface area contributed by atoms with E-state index >= 15 is 0 Å². The smallest absolute Gasteiger partial charge is 0.143 e. The number of likely N-dealkylation sites (N-methyl/N-ethyl adjacent to an activating group) is 1. The van der Waals surface area contributed by atoms with Crippen LogP contribution in [0.25, 0.3) is 0 Å². The lowest BCUT2D eigenvalue weighted by Crippen LogP contribution is -2.35. The summed E-state index contributed by atoms with van der Waals surface area (Å²) in [7, 11) is 1.80. The lowest BCUT2D eigenvalue weighted by molar-refractivity contribution is 0.247. The fourth-order valence-corrected chi connectivity index (χ4v) is 1.80. The first-order valence-electron chi connectivity index (χ1n) is 5.00. The molecule has 0 saturated carbocycles. The minimum Gasteiger partial charge on any atom is -0.329 e. The van der Waals surface area contributed by atoms with E-state index in [2.05, 4.69) is 0 Å². The van der Waals surface area contributed by atoms with Crippen molar-refractivity contribution < 1.29 is 8.78 Å². The van der Waals surface area contributed by atoms with Gasteiger partial charge in [0.1, 0.15) is 11.6 Å². The van der Waals surface area contributed by atoms with Crippen molar-refractivity contribution in [1.82, 2.24) is 4.90 Å². The lowest BCUT2D eigenvalue weighted by Gasteiger charge is -2.23. The van der Waals surface area contributed by atoms with Crippen LogP contribution in [0, 0.1) is 15.2 Å². The molecule has 0 aliphatic heterocycles. The summed E-state index contributed by atoms with van der Waals surface area (Å²) >= 11 is 1.86. The minimum absolute atomic E-state index is 0. The van der Waals surface area contributed by atoms with Gasteiger partial charge in [0, 0.05) is 28.3 Å². The molecule has 17 heavy (non-hydrogen) atoms.